The smallest absolute Gasteiger partial charge is 0.227 e. The van der Waals surface area contributed by atoms with E-state index in [0.717, 1.165) is 12.0 Å². The van der Waals surface area contributed by atoms with Crippen molar-refractivity contribution >= 4 is 17.5 Å². The Labute approximate surface area is 152 Å². The maximum absolute atomic E-state index is 13.0. The normalized spacial score (nSPS) is 35.0. The van der Waals surface area contributed by atoms with Gasteiger partial charge in [-0.05, 0) is 24.1 Å². The van der Waals surface area contributed by atoms with Crippen molar-refractivity contribution in [3.63, 3.8) is 0 Å². The topological polar surface area (TPSA) is 59.0 Å². The second kappa shape index (κ2) is 6.88. The van der Waals surface area contributed by atoms with Crippen LogP contribution in [0.25, 0.3) is 0 Å². The predicted octanol–water partition coefficient (Wildman–Crippen LogP) is 1.90. The highest BCUT2D eigenvalue weighted by molar-refractivity contribution is 6.30. The van der Waals surface area contributed by atoms with Gasteiger partial charge in [0.1, 0.15) is 0 Å². The van der Waals surface area contributed by atoms with Crippen LogP contribution in [0.5, 0.6) is 0 Å². The molecule has 0 spiro atoms. The van der Waals surface area contributed by atoms with Crippen LogP contribution in [0.1, 0.15) is 18.4 Å². The summed E-state index contributed by atoms with van der Waals surface area (Å²) in [6, 6.07) is 7.48. The lowest BCUT2D eigenvalue weighted by Gasteiger charge is -2.57. The van der Waals surface area contributed by atoms with Crippen LogP contribution in [0.4, 0.5) is 0 Å². The molecule has 0 radical (unpaired) electrons. The number of fused-ring (bicyclic) bond motifs is 3. The molecule has 3 aliphatic heterocycles. The Morgan fingerprint density at radius 2 is 2.16 bits per heavy atom. The van der Waals surface area contributed by atoms with E-state index in [1.165, 1.54) is 0 Å². The van der Waals surface area contributed by atoms with Gasteiger partial charge >= 0.3 is 0 Å². The average Bonchev–Trinajstić information content (AvgIpc) is 2.61. The van der Waals surface area contributed by atoms with Crippen LogP contribution < -0.4 is 0 Å². The summed E-state index contributed by atoms with van der Waals surface area (Å²) in [5, 5.41) is 11.9. The van der Waals surface area contributed by atoms with E-state index in [0.29, 0.717) is 50.8 Å². The number of carbonyl (C=O) groups excluding carboxylic acids is 1. The summed E-state index contributed by atoms with van der Waals surface area (Å²) in [6.45, 7) is 2.78. The Balaban J connectivity index is 1.57. The molecular weight excluding hydrogens is 342 g/mol. The molecule has 3 fully saturated rings. The molecule has 3 heterocycles. The molecule has 1 aromatic rings. The summed E-state index contributed by atoms with van der Waals surface area (Å²) in [5.41, 5.74) is 0.137. The molecule has 0 bridgehead atoms. The summed E-state index contributed by atoms with van der Waals surface area (Å²) in [5.74, 6) is 0.00603. The molecule has 25 heavy (non-hydrogen) atoms. The maximum atomic E-state index is 13.0. The highest BCUT2D eigenvalue weighted by atomic mass is 35.5. The van der Waals surface area contributed by atoms with Crippen LogP contribution in [-0.4, -0.2) is 60.5 Å². The van der Waals surface area contributed by atoms with Crippen molar-refractivity contribution in [2.24, 2.45) is 11.8 Å². The fourth-order valence-corrected chi connectivity index (χ4v) is 4.88. The fourth-order valence-electron chi connectivity index (χ4n) is 4.67. The summed E-state index contributed by atoms with van der Waals surface area (Å²) in [4.78, 5) is 15.0. The molecular formula is C19H24ClNO4. The van der Waals surface area contributed by atoms with Gasteiger partial charge in [-0.3, -0.25) is 4.79 Å². The van der Waals surface area contributed by atoms with Crippen molar-refractivity contribution in [3.05, 3.63) is 34.9 Å². The number of likely N-dealkylation sites (tertiary alicyclic amines) is 1. The van der Waals surface area contributed by atoms with Gasteiger partial charge in [0.15, 0.2) is 0 Å². The molecule has 0 aromatic heterocycles. The third-order valence-electron chi connectivity index (χ3n) is 6.02. The molecule has 3 aliphatic rings. The van der Waals surface area contributed by atoms with E-state index in [4.69, 9.17) is 21.1 Å². The number of benzene rings is 1. The summed E-state index contributed by atoms with van der Waals surface area (Å²) in [7, 11) is 0. The lowest BCUT2D eigenvalue weighted by atomic mass is 9.66. The highest BCUT2D eigenvalue weighted by Gasteiger charge is 2.56. The minimum absolute atomic E-state index is 0.0350. The molecule has 5 nitrogen and oxygen atoms in total. The molecule has 0 unspecified atom stereocenters. The molecule has 136 valence electrons. The highest BCUT2D eigenvalue weighted by Crippen LogP contribution is 2.44. The first-order valence-corrected chi connectivity index (χ1v) is 9.37. The zero-order chi connectivity index (χ0) is 17.4. The molecule has 3 saturated heterocycles. The second-order valence-corrected chi connectivity index (χ2v) is 7.84. The SMILES string of the molecule is O=C(Cc1cccc(Cl)c1)N1C[C@H]2COCC[C@@]2(O)[C@@H]2COCC[C@@H]21. The molecule has 4 atom stereocenters. The van der Waals surface area contributed by atoms with E-state index in [1.807, 2.05) is 29.2 Å². The van der Waals surface area contributed by atoms with E-state index in [-0.39, 0.29) is 23.8 Å². The lowest BCUT2D eigenvalue weighted by molar-refractivity contribution is -0.219. The van der Waals surface area contributed by atoms with Crippen molar-refractivity contribution in [1.82, 2.24) is 4.90 Å². The number of rotatable bonds is 2. The second-order valence-electron chi connectivity index (χ2n) is 7.40. The van der Waals surface area contributed by atoms with E-state index in [1.54, 1.807) is 0 Å². The first-order valence-electron chi connectivity index (χ1n) is 9.00. The largest absolute Gasteiger partial charge is 0.389 e. The van der Waals surface area contributed by atoms with Crippen LogP contribution in [-0.2, 0) is 20.7 Å². The molecule has 0 aliphatic carbocycles. The summed E-state index contributed by atoms with van der Waals surface area (Å²) < 4.78 is 11.2. The minimum Gasteiger partial charge on any atom is -0.389 e. The van der Waals surface area contributed by atoms with Gasteiger partial charge in [-0.25, -0.2) is 0 Å². The Hall–Kier alpha value is -1.14. The number of ether oxygens (including phenoxy) is 2. The van der Waals surface area contributed by atoms with Crippen molar-refractivity contribution in [1.29, 1.82) is 0 Å². The molecule has 4 rings (SSSR count). The van der Waals surface area contributed by atoms with E-state index >= 15 is 0 Å². The van der Waals surface area contributed by atoms with Crippen LogP contribution in [0.15, 0.2) is 24.3 Å². The van der Waals surface area contributed by atoms with Gasteiger partial charge in [0.05, 0.1) is 25.2 Å². The van der Waals surface area contributed by atoms with Gasteiger partial charge in [-0.2, -0.15) is 0 Å². The van der Waals surface area contributed by atoms with Crippen molar-refractivity contribution in [3.8, 4) is 0 Å². The van der Waals surface area contributed by atoms with Crippen LogP contribution in [0.2, 0.25) is 5.02 Å². The van der Waals surface area contributed by atoms with E-state index in [2.05, 4.69) is 0 Å². The van der Waals surface area contributed by atoms with Gasteiger partial charge in [-0.1, -0.05) is 23.7 Å². The Bertz CT molecular complexity index is 654. The zero-order valence-corrected chi connectivity index (χ0v) is 15.0. The van der Waals surface area contributed by atoms with Crippen LogP contribution in [0.3, 0.4) is 0 Å². The standard InChI is InChI=1S/C19H24ClNO4/c20-15-3-1-2-13(8-15)9-18(22)21-10-14-11-25-7-5-19(14,23)16-12-24-6-4-17(16)21/h1-3,8,14,16-17,23H,4-7,9-12H2/t14-,16+,17-,19-/m0/s1. The average molecular weight is 366 g/mol. The van der Waals surface area contributed by atoms with Gasteiger partial charge in [0, 0.05) is 49.1 Å². The first kappa shape index (κ1) is 17.3. The zero-order valence-electron chi connectivity index (χ0n) is 14.2. The molecule has 6 heteroatoms. The molecule has 1 aromatic carbocycles. The number of halogens is 1. The van der Waals surface area contributed by atoms with E-state index in [9.17, 15) is 9.90 Å². The Morgan fingerprint density at radius 1 is 1.32 bits per heavy atom. The third kappa shape index (κ3) is 3.19. The van der Waals surface area contributed by atoms with Gasteiger partial charge in [-0.15, -0.1) is 0 Å². The minimum atomic E-state index is -0.782. The Kier molecular flexibility index (Phi) is 4.75. The number of carbonyl (C=O) groups is 1. The lowest BCUT2D eigenvalue weighted by Crippen LogP contribution is -2.69. The number of hydrogen-bond acceptors (Lipinski definition) is 4. The van der Waals surface area contributed by atoms with Gasteiger partial charge < -0.3 is 19.5 Å². The number of aliphatic hydroxyl groups is 1. The van der Waals surface area contributed by atoms with Crippen LogP contribution >= 0.6 is 11.6 Å². The molecule has 0 saturated carbocycles. The quantitative estimate of drug-likeness (QED) is 0.869. The number of piperidine rings is 1. The number of amides is 1. The van der Waals surface area contributed by atoms with Crippen molar-refractivity contribution in [2.45, 2.75) is 30.9 Å². The van der Waals surface area contributed by atoms with Gasteiger partial charge in [0.25, 0.3) is 0 Å². The number of hydrogen-bond donors (Lipinski definition) is 1. The van der Waals surface area contributed by atoms with Crippen molar-refractivity contribution < 1.29 is 19.4 Å². The Morgan fingerprint density at radius 3 is 3.00 bits per heavy atom. The van der Waals surface area contributed by atoms with Crippen molar-refractivity contribution in [2.75, 3.05) is 33.0 Å². The monoisotopic (exact) mass is 365 g/mol. The fraction of sp³-hybridized carbons (Fsp3) is 0.632. The molecule has 1 amide bonds. The summed E-state index contributed by atoms with van der Waals surface area (Å²) in [6.07, 6.45) is 1.73. The predicted molar refractivity (Wildman–Crippen MR) is 93.5 cm³/mol. The van der Waals surface area contributed by atoms with E-state index < -0.39 is 5.60 Å². The van der Waals surface area contributed by atoms with Gasteiger partial charge in [0.2, 0.25) is 5.91 Å². The number of nitrogens with zero attached hydrogens (tertiary/aromatic N) is 1. The third-order valence-corrected chi connectivity index (χ3v) is 6.25. The van der Waals surface area contributed by atoms with Crippen LogP contribution in [0, 0.1) is 11.8 Å². The maximum Gasteiger partial charge on any atom is 0.227 e. The first-order chi connectivity index (χ1) is 12.1. The molecule has 1 N–H and O–H groups in total. The summed E-state index contributed by atoms with van der Waals surface area (Å²) >= 11 is 6.04.